The number of fused-ring (bicyclic) bond motifs is 1. The van der Waals surface area contributed by atoms with E-state index in [2.05, 4.69) is 28.7 Å². The van der Waals surface area contributed by atoms with Gasteiger partial charge in [0.05, 0.1) is 11.2 Å². The molecule has 1 unspecified atom stereocenters. The van der Waals surface area contributed by atoms with Gasteiger partial charge >= 0.3 is 0 Å². The fraction of sp³-hybridized carbons (Fsp3) is 0.304. The maximum atomic E-state index is 6.05. The number of benzene rings is 2. The summed E-state index contributed by atoms with van der Waals surface area (Å²) in [5, 5.41) is 14.2. The molecule has 30 heavy (non-hydrogen) atoms. The lowest BCUT2D eigenvalue weighted by molar-refractivity contribution is -0.0365. The molecule has 3 heterocycles. The normalized spacial score (nSPS) is 16.8. The van der Waals surface area contributed by atoms with Gasteiger partial charge in [0.15, 0.2) is 12.0 Å². The highest BCUT2D eigenvalue weighted by atomic mass is 35.5. The first-order valence-corrected chi connectivity index (χ1v) is 10.6. The number of anilines is 2. The first kappa shape index (κ1) is 19.2. The molecule has 1 aliphatic rings. The Hall–Kier alpha value is -2.83. The molecule has 1 saturated heterocycles. The van der Waals surface area contributed by atoms with E-state index in [0.29, 0.717) is 5.02 Å². The molecule has 0 radical (unpaired) electrons. The van der Waals surface area contributed by atoms with Crippen molar-refractivity contribution in [3.8, 4) is 11.1 Å². The van der Waals surface area contributed by atoms with Gasteiger partial charge in [-0.25, -0.2) is 4.68 Å². The summed E-state index contributed by atoms with van der Waals surface area (Å²) < 4.78 is 13.4. The van der Waals surface area contributed by atoms with Gasteiger partial charge in [0, 0.05) is 28.3 Å². The van der Waals surface area contributed by atoms with E-state index in [-0.39, 0.29) is 6.23 Å². The predicted octanol–water partition coefficient (Wildman–Crippen LogP) is 6.40. The van der Waals surface area contributed by atoms with Crippen molar-refractivity contribution in [1.82, 2.24) is 14.9 Å². The van der Waals surface area contributed by atoms with Crippen molar-refractivity contribution in [2.24, 2.45) is 0 Å². The van der Waals surface area contributed by atoms with E-state index in [1.165, 1.54) is 0 Å². The molecule has 4 aromatic rings. The van der Waals surface area contributed by atoms with Crippen LogP contribution in [0.25, 0.3) is 22.0 Å². The number of nitrogens with one attached hydrogen (secondary N) is 1. The Morgan fingerprint density at radius 2 is 1.93 bits per heavy atom. The number of hydrogen-bond acceptors (Lipinski definition) is 5. The van der Waals surface area contributed by atoms with Crippen LogP contribution in [0.4, 0.5) is 11.5 Å². The minimum atomic E-state index is -0.0677. The smallest absolute Gasteiger partial charge is 0.160 e. The molecule has 2 aromatic heterocycles. The molecule has 2 aromatic carbocycles. The Kier molecular flexibility index (Phi) is 4.97. The number of halogens is 1. The molecular weight excluding hydrogens is 400 g/mol. The van der Waals surface area contributed by atoms with Crippen molar-refractivity contribution in [1.29, 1.82) is 0 Å². The van der Waals surface area contributed by atoms with E-state index in [1.54, 1.807) is 0 Å². The van der Waals surface area contributed by atoms with Gasteiger partial charge in [0.2, 0.25) is 0 Å². The monoisotopic (exact) mass is 422 g/mol. The number of aryl methyl sites for hydroxylation is 2. The Morgan fingerprint density at radius 3 is 2.63 bits per heavy atom. The van der Waals surface area contributed by atoms with Crippen LogP contribution < -0.4 is 5.32 Å². The number of nitrogens with zero attached hydrogens (tertiary/aromatic N) is 3. The number of hydrogen-bond donors (Lipinski definition) is 1. The van der Waals surface area contributed by atoms with Gasteiger partial charge < -0.3 is 14.6 Å². The van der Waals surface area contributed by atoms with Crippen LogP contribution in [0, 0.1) is 13.8 Å². The maximum absolute atomic E-state index is 6.05. The molecule has 0 spiro atoms. The highest BCUT2D eigenvalue weighted by Crippen LogP contribution is 2.36. The third-order valence-corrected chi connectivity index (χ3v) is 5.82. The summed E-state index contributed by atoms with van der Waals surface area (Å²) in [5.41, 5.74) is 4.93. The first-order chi connectivity index (χ1) is 14.6. The summed E-state index contributed by atoms with van der Waals surface area (Å²) >= 11 is 6.03. The quantitative estimate of drug-likeness (QED) is 0.412. The van der Waals surface area contributed by atoms with E-state index in [0.717, 1.165) is 70.9 Å². The van der Waals surface area contributed by atoms with Crippen LogP contribution in [0.5, 0.6) is 0 Å². The van der Waals surface area contributed by atoms with Crippen molar-refractivity contribution in [3.05, 3.63) is 58.9 Å². The zero-order valence-electron chi connectivity index (χ0n) is 17.0. The molecule has 1 aliphatic heterocycles. The van der Waals surface area contributed by atoms with Crippen LogP contribution >= 0.6 is 11.6 Å². The molecule has 1 atom stereocenters. The molecule has 1 fully saturated rings. The third kappa shape index (κ3) is 3.46. The molecule has 7 heteroatoms. The number of aromatic nitrogens is 3. The second kappa shape index (κ2) is 7.78. The van der Waals surface area contributed by atoms with Crippen molar-refractivity contribution < 1.29 is 9.26 Å². The van der Waals surface area contributed by atoms with Gasteiger partial charge in [-0.05, 0) is 75.1 Å². The van der Waals surface area contributed by atoms with Gasteiger partial charge in [-0.15, -0.1) is 0 Å². The van der Waals surface area contributed by atoms with E-state index >= 15 is 0 Å². The lowest BCUT2D eigenvalue weighted by Crippen LogP contribution is -2.19. The van der Waals surface area contributed by atoms with Crippen molar-refractivity contribution in [2.45, 2.75) is 39.3 Å². The van der Waals surface area contributed by atoms with Crippen LogP contribution in [-0.2, 0) is 4.74 Å². The van der Waals surface area contributed by atoms with Crippen LogP contribution in [0.15, 0.2) is 47.0 Å². The Labute approximate surface area is 179 Å². The predicted molar refractivity (Wildman–Crippen MR) is 118 cm³/mol. The molecule has 0 bridgehead atoms. The van der Waals surface area contributed by atoms with E-state index in [1.807, 2.05) is 42.8 Å². The topological polar surface area (TPSA) is 65.1 Å². The van der Waals surface area contributed by atoms with Gasteiger partial charge in [-0.1, -0.05) is 22.8 Å². The largest absolute Gasteiger partial charge is 0.361 e. The molecule has 154 valence electrons. The lowest BCUT2D eigenvalue weighted by Gasteiger charge is -2.23. The van der Waals surface area contributed by atoms with Crippen molar-refractivity contribution in [3.63, 3.8) is 0 Å². The average molecular weight is 423 g/mol. The van der Waals surface area contributed by atoms with Gasteiger partial charge in [0.1, 0.15) is 5.76 Å². The van der Waals surface area contributed by atoms with Crippen LogP contribution in [0.2, 0.25) is 5.02 Å². The highest BCUT2D eigenvalue weighted by Gasteiger charge is 2.22. The fourth-order valence-corrected chi connectivity index (χ4v) is 4.21. The van der Waals surface area contributed by atoms with Gasteiger partial charge in [-0.2, -0.15) is 5.10 Å². The first-order valence-electron chi connectivity index (χ1n) is 10.2. The molecule has 6 nitrogen and oxygen atoms in total. The van der Waals surface area contributed by atoms with E-state index in [9.17, 15) is 0 Å². The molecule has 5 rings (SSSR count). The summed E-state index contributed by atoms with van der Waals surface area (Å²) in [6, 6.07) is 14.0. The Bertz CT molecular complexity index is 1170. The third-order valence-electron chi connectivity index (χ3n) is 5.56. The lowest BCUT2D eigenvalue weighted by atomic mass is 10.0. The molecule has 0 aliphatic carbocycles. The van der Waals surface area contributed by atoms with Crippen LogP contribution in [-0.4, -0.2) is 21.5 Å². The summed E-state index contributed by atoms with van der Waals surface area (Å²) in [6.45, 7) is 4.66. The fourth-order valence-electron chi connectivity index (χ4n) is 4.09. The van der Waals surface area contributed by atoms with Crippen LogP contribution in [0.3, 0.4) is 0 Å². The zero-order valence-corrected chi connectivity index (χ0v) is 17.7. The average Bonchev–Trinajstić information content (AvgIpc) is 3.29. The van der Waals surface area contributed by atoms with E-state index in [4.69, 9.17) is 26.0 Å². The number of rotatable bonds is 4. The minimum Gasteiger partial charge on any atom is -0.361 e. The summed E-state index contributed by atoms with van der Waals surface area (Å²) in [5.74, 6) is 1.61. The molecular formula is C23H23ClN4O2. The van der Waals surface area contributed by atoms with Gasteiger partial charge in [-0.3, -0.25) is 0 Å². The summed E-state index contributed by atoms with van der Waals surface area (Å²) in [6.07, 6.45) is 3.11. The van der Waals surface area contributed by atoms with E-state index < -0.39 is 0 Å². The molecule has 0 amide bonds. The molecule has 0 saturated carbocycles. The SMILES string of the molecule is Cc1noc(C)c1-c1ccc2c(Nc3ccc(Cl)cc3)nn(C3CCCCO3)c2c1. The van der Waals surface area contributed by atoms with Gasteiger partial charge in [0.25, 0.3) is 0 Å². The molecule has 1 N–H and O–H groups in total. The zero-order chi connectivity index (χ0) is 20.7. The Morgan fingerprint density at radius 1 is 1.10 bits per heavy atom. The summed E-state index contributed by atoms with van der Waals surface area (Å²) in [7, 11) is 0. The minimum absolute atomic E-state index is 0.0677. The second-order valence-electron chi connectivity index (χ2n) is 7.68. The summed E-state index contributed by atoms with van der Waals surface area (Å²) in [4.78, 5) is 0. The standard InChI is InChI=1S/C23H23ClN4O2/c1-14-22(15(2)30-27-14)16-6-11-19-20(13-16)28(21-5-3-4-12-29-21)26-23(19)25-18-9-7-17(24)8-10-18/h6-11,13,21H,3-5,12H2,1-2H3,(H,25,26). The Balaban J connectivity index is 1.63. The highest BCUT2D eigenvalue weighted by molar-refractivity contribution is 6.30. The second-order valence-corrected chi connectivity index (χ2v) is 8.11. The van der Waals surface area contributed by atoms with Crippen molar-refractivity contribution in [2.75, 3.05) is 11.9 Å². The number of ether oxygens (including phenoxy) is 1. The van der Waals surface area contributed by atoms with Crippen molar-refractivity contribution >= 4 is 34.0 Å². The maximum Gasteiger partial charge on any atom is 0.160 e. The van der Waals surface area contributed by atoms with Crippen LogP contribution in [0.1, 0.15) is 36.9 Å².